The Hall–Kier alpha value is -2.33. The molecule has 0 aromatic carbocycles. The number of pyridine rings is 1. The van der Waals surface area contributed by atoms with Crippen LogP contribution in [-0.4, -0.2) is 76.5 Å². The van der Waals surface area contributed by atoms with Crippen LogP contribution in [0.2, 0.25) is 0 Å². The summed E-state index contributed by atoms with van der Waals surface area (Å²) in [5, 5.41) is 5.41. The molecule has 0 saturated carbocycles. The van der Waals surface area contributed by atoms with Gasteiger partial charge in [0.1, 0.15) is 9.71 Å². The maximum absolute atomic E-state index is 13.4. The second-order valence-corrected chi connectivity index (χ2v) is 8.90. The van der Waals surface area contributed by atoms with Gasteiger partial charge in [-0.05, 0) is 13.0 Å². The molecule has 0 radical (unpaired) electrons. The van der Waals surface area contributed by atoms with E-state index in [0.717, 1.165) is 46.8 Å². The fourth-order valence-corrected chi connectivity index (χ4v) is 5.44. The van der Waals surface area contributed by atoms with Crippen molar-refractivity contribution in [2.45, 2.75) is 26.1 Å². The lowest BCUT2D eigenvalue weighted by Gasteiger charge is -2.33. The molecule has 2 aliphatic rings. The highest BCUT2D eigenvalue weighted by atomic mass is 32.1. The van der Waals surface area contributed by atoms with Crippen molar-refractivity contribution in [1.82, 2.24) is 24.6 Å². The van der Waals surface area contributed by atoms with Gasteiger partial charge in [-0.3, -0.25) is 14.4 Å². The van der Waals surface area contributed by atoms with Gasteiger partial charge in [-0.2, -0.15) is 5.10 Å². The topological polar surface area (TPSA) is 72.7 Å². The Kier molecular flexibility index (Phi) is 5.99. The number of rotatable bonds is 5. The van der Waals surface area contributed by atoms with Crippen molar-refractivity contribution in [3.8, 4) is 0 Å². The normalized spacial score (nSPS) is 20.4. The van der Waals surface area contributed by atoms with Gasteiger partial charge in [0.05, 0.1) is 32.1 Å². The van der Waals surface area contributed by atoms with E-state index in [9.17, 15) is 4.79 Å². The van der Waals surface area contributed by atoms with Gasteiger partial charge < -0.3 is 14.4 Å². The highest BCUT2D eigenvalue weighted by molar-refractivity contribution is 7.20. The first-order valence-electron chi connectivity index (χ1n) is 10.8. The van der Waals surface area contributed by atoms with Crippen molar-refractivity contribution in [2.24, 2.45) is 0 Å². The van der Waals surface area contributed by atoms with Crippen molar-refractivity contribution in [1.29, 1.82) is 0 Å². The predicted molar refractivity (Wildman–Crippen MR) is 118 cm³/mol. The van der Waals surface area contributed by atoms with Crippen LogP contribution < -0.4 is 0 Å². The summed E-state index contributed by atoms with van der Waals surface area (Å²) < 4.78 is 13.6. The molecule has 3 aromatic heterocycles. The number of carbonyl (C=O) groups is 1. The summed E-state index contributed by atoms with van der Waals surface area (Å²) in [6.07, 6.45) is 5.66. The van der Waals surface area contributed by atoms with Gasteiger partial charge in [0.2, 0.25) is 0 Å². The lowest BCUT2D eigenvalue weighted by atomic mass is 10.0. The third kappa shape index (κ3) is 4.23. The fourth-order valence-electron chi connectivity index (χ4n) is 4.28. The molecule has 3 aromatic rings. The number of amides is 1. The molecule has 0 unspecified atom stereocenters. The zero-order valence-corrected chi connectivity index (χ0v) is 18.5. The first-order valence-corrected chi connectivity index (χ1v) is 11.6. The Morgan fingerprint density at radius 1 is 1.26 bits per heavy atom. The smallest absolute Gasteiger partial charge is 0.264 e. The van der Waals surface area contributed by atoms with Crippen molar-refractivity contribution >= 4 is 27.5 Å². The minimum atomic E-state index is -0.159. The number of aryl methyl sites for hydroxylation is 1. The molecule has 0 spiro atoms. The minimum Gasteiger partial charge on any atom is -0.378 e. The van der Waals surface area contributed by atoms with Gasteiger partial charge in [0.25, 0.3) is 5.91 Å². The number of aromatic nitrogens is 3. The quantitative estimate of drug-likeness (QED) is 0.606. The Bertz CT molecular complexity index is 1060. The molecule has 31 heavy (non-hydrogen) atoms. The summed E-state index contributed by atoms with van der Waals surface area (Å²) in [7, 11) is 0. The molecule has 5 rings (SSSR count). The summed E-state index contributed by atoms with van der Waals surface area (Å²) in [4.78, 5) is 23.8. The molecule has 8 nitrogen and oxygen atoms in total. The number of morpholine rings is 2. The van der Waals surface area contributed by atoms with E-state index >= 15 is 0 Å². The van der Waals surface area contributed by atoms with E-state index in [0.29, 0.717) is 32.9 Å². The van der Waals surface area contributed by atoms with Crippen LogP contribution in [0.15, 0.2) is 30.7 Å². The monoisotopic (exact) mass is 441 g/mol. The Labute approximate surface area is 185 Å². The highest BCUT2D eigenvalue weighted by Crippen LogP contribution is 2.38. The van der Waals surface area contributed by atoms with Crippen LogP contribution in [0.4, 0.5) is 0 Å². The van der Waals surface area contributed by atoms with Crippen LogP contribution >= 0.6 is 11.3 Å². The lowest BCUT2D eigenvalue weighted by Crippen LogP contribution is -2.41. The lowest BCUT2D eigenvalue weighted by molar-refractivity contribution is -0.0325. The van der Waals surface area contributed by atoms with Crippen LogP contribution in [0.5, 0.6) is 0 Å². The largest absolute Gasteiger partial charge is 0.378 e. The summed E-state index contributed by atoms with van der Waals surface area (Å²) in [5.74, 6) is 0.0613. The maximum Gasteiger partial charge on any atom is 0.264 e. The van der Waals surface area contributed by atoms with Gasteiger partial charge in [-0.15, -0.1) is 11.3 Å². The summed E-state index contributed by atoms with van der Waals surface area (Å²) >= 11 is 1.48. The first kappa shape index (κ1) is 20.6. The number of hydrogen-bond acceptors (Lipinski definition) is 7. The fraction of sp³-hybridized carbons (Fsp3) is 0.500. The molecule has 1 atom stereocenters. The van der Waals surface area contributed by atoms with E-state index in [2.05, 4.69) is 34.2 Å². The summed E-state index contributed by atoms with van der Waals surface area (Å²) in [6.45, 7) is 8.44. The molecule has 0 aliphatic carbocycles. The van der Waals surface area contributed by atoms with Crippen molar-refractivity contribution in [3.05, 3.63) is 46.7 Å². The molecule has 2 saturated heterocycles. The van der Waals surface area contributed by atoms with Gasteiger partial charge in [-0.25, -0.2) is 4.98 Å². The summed E-state index contributed by atoms with van der Waals surface area (Å²) in [6, 6.07) is 3.99. The second-order valence-electron chi connectivity index (χ2n) is 7.90. The molecule has 0 bridgehead atoms. The van der Waals surface area contributed by atoms with Crippen LogP contribution in [0.3, 0.4) is 0 Å². The molecule has 164 valence electrons. The van der Waals surface area contributed by atoms with E-state index in [4.69, 9.17) is 9.47 Å². The number of carbonyl (C=O) groups excluding carboxylic acids is 1. The molecule has 2 fully saturated rings. The van der Waals surface area contributed by atoms with E-state index in [1.54, 1.807) is 6.20 Å². The van der Waals surface area contributed by atoms with Crippen molar-refractivity contribution in [2.75, 3.05) is 46.0 Å². The van der Waals surface area contributed by atoms with E-state index in [1.807, 2.05) is 21.8 Å². The molecule has 1 amide bonds. The molecular formula is C22H27N5O3S. The molecular weight excluding hydrogens is 414 g/mol. The number of hydrogen-bond donors (Lipinski definition) is 0. The van der Waals surface area contributed by atoms with Crippen LogP contribution in [-0.2, 0) is 22.6 Å². The van der Waals surface area contributed by atoms with Gasteiger partial charge >= 0.3 is 0 Å². The molecule has 2 aliphatic heterocycles. The maximum atomic E-state index is 13.4. The molecule has 9 heteroatoms. The van der Waals surface area contributed by atoms with Gasteiger partial charge in [-0.1, -0.05) is 6.07 Å². The number of thiophene rings is 1. The minimum absolute atomic E-state index is 0.0613. The van der Waals surface area contributed by atoms with Crippen molar-refractivity contribution < 1.29 is 14.3 Å². The van der Waals surface area contributed by atoms with E-state index in [-0.39, 0.29) is 12.0 Å². The summed E-state index contributed by atoms with van der Waals surface area (Å²) in [5.41, 5.74) is 2.18. The average molecular weight is 442 g/mol. The van der Waals surface area contributed by atoms with Crippen molar-refractivity contribution in [3.63, 3.8) is 0 Å². The van der Waals surface area contributed by atoms with Gasteiger partial charge in [0, 0.05) is 68.2 Å². The number of nitrogens with zero attached hydrogens (tertiary/aromatic N) is 5. The number of fused-ring (bicyclic) bond motifs is 1. The van der Waals surface area contributed by atoms with Crippen LogP contribution in [0.25, 0.3) is 10.2 Å². The second kappa shape index (κ2) is 9.04. The SMILES string of the molecule is CCn1cc(CN2CCO[C@H](c3c(C(=O)N4CCOCC4)sc4ncccc34)C2)cn1. The Morgan fingerprint density at radius 2 is 2.13 bits per heavy atom. The Balaban J connectivity index is 1.43. The third-order valence-electron chi connectivity index (χ3n) is 5.89. The van der Waals surface area contributed by atoms with Crippen LogP contribution in [0, 0.1) is 0 Å². The number of ether oxygens (including phenoxy) is 2. The van der Waals surface area contributed by atoms with Crippen LogP contribution in [0.1, 0.15) is 33.8 Å². The van der Waals surface area contributed by atoms with Gasteiger partial charge in [0.15, 0.2) is 0 Å². The molecule has 0 N–H and O–H groups in total. The zero-order valence-electron chi connectivity index (χ0n) is 17.7. The van der Waals surface area contributed by atoms with E-state index < -0.39 is 0 Å². The average Bonchev–Trinajstić information content (AvgIpc) is 3.43. The first-order chi connectivity index (χ1) is 15.2. The zero-order chi connectivity index (χ0) is 21.2. The standard InChI is InChI=1S/C22H27N5O3S/c1-2-27-14-16(12-24-27)13-25-6-11-30-18(15-25)19-17-4-3-5-23-21(17)31-20(19)22(28)26-7-9-29-10-8-26/h3-5,12,14,18H,2,6-11,13,15H2,1H3/t18-/m0/s1. The highest BCUT2D eigenvalue weighted by Gasteiger charge is 2.32. The predicted octanol–water partition coefficient (Wildman–Crippen LogP) is 2.56. The van der Waals surface area contributed by atoms with E-state index in [1.165, 1.54) is 16.9 Å². The third-order valence-corrected chi connectivity index (χ3v) is 7.00. The Morgan fingerprint density at radius 3 is 2.94 bits per heavy atom. The molecule has 5 heterocycles.